The van der Waals surface area contributed by atoms with Crippen LogP contribution >= 0.6 is 11.6 Å². The molecule has 0 radical (unpaired) electrons. The Morgan fingerprint density at radius 1 is 1.50 bits per heavy atom. The number of carbonyl (C=O) groups excluding carboxylic acids is 1. The van der Waals surface area contributed by atoms with E-state index < -0.39 is 11.7 Å². The molecule has 18 heavy (non-hydrogen) atoms. The second-order valence-corrected chi connectivity index (χ2v) is 5.38. The third kappa shape index (κ3) is 4.27. The molecule has 0 atom stereocenters. The van der Waals surface area contributed by atoms with Crippen molar-refractivity contribution in [2.75, 3.05) is 13.2 Å². The van der Waals surface area contributed by atoms with Gasteiger partial charge in [-0.2, -0.15) is 0 Å². The molecule has 0 aliphatic heterocycles. The van der Waals surface area contributed by atoms with Gasteiger partial charge in [-0.25, -0.2) is 4.39 Å². The standard InChI is InChI=1S/C13H17ClFNO2/c1-13(2,5-6-17)8-16-12(18)10-7-9(14)3-4-11(10)15/h3-4,7,17H,5-6,8H2,1-2H3,(H,16,18). The van der Waals surface area contributed by atoms with E-state index in [-0.39, 0.29) is 17.6 Å². The van der Waals surface area contributed by atoms with Gasteiger partial charge >= 0.3 is 0 Å². The van der Waals surface area contributed by atoms with Crippen molar-refractivity contribution in [3.63, 3.8) is 0 Å². The van der Waals surface area contributed by atoms with Gasteiger partial charge < -0.3 is 10.4 Å². The molecule has 0 heterocycles. The average molecular weight is 274 g/mol. The van der Waals surface area contributed by atoms with Crippen molar-refractivity contribution in [3.05, 3.63) is 34.6 Å². The lowest BCUT2D eigenvalue weighted by Gasteiger charge is -2.23. The van der Waals surface area contributed by atoms with Gasteiger partial charge in [-0.3, -0.25) is 4.79 Å². The van der Waals surface area contributed by atoms with E-state index in [9.17, 15) is 9.18 Å². The average Bonchev–Trinajstić information content (AvgIpc) is 2.29. The first-order chi connectivity index (χ1) is 8.35. The van der Waals surface area contributed by atoms with Crippen molar-refractivity contribution >= 4 is 17.5 Å². The Hall–Kier alpha value is -1.13. The van der Waals surface area contributed by atoms with Crippen molar-refractivity contribution < 1.29 is 14.3 Å². The molecule has 0 saturated carbocycles. The Morgan fingerprint density at radius 2 is 2.17 bits per heavy atom. The third-order valence-electron chi connectivity index (χ3n) is 2.69. The highest BCUT2D eigenvalue weighted by Crippen LogP contribution is 2.19. The lowest BCUT2D eigenvalue weighted by molar-refractivity contribution is 0.0924. The summed E-state index contributed by atoms with van der Waals surface area (Å²) < 4.78 is 13.4. The second-order valence-electron chi connectivity index (χ2n) is 4.94. The summed E-state index contributed by atoms with van der Waals surface area (Å²) in [7, 11) is 0. The van der Waals surface area contributed by atoms with E-state index in [1.165, 1.54) is 12.1 Å². The first kappa shape index (κ1) is 14.9. The predicted molar refractivity (Wildman–Crippen MR) is 69.2 cm³/mol. The summed E-state index contributed by atoms with van der Waals surface area (Å²) >= 11 is 5.72. The van der Waals surface area contributed by atoms with E-state index in [2.05, 4.69) is 5.32 Å². The first-order valence-electron chi connectivity index (χ1n) is 5.70. The Labute approximate surface area is 111 Å². The summed E-state index contributed by atoms with van der Waals surface area (Å²) in [5, 5.41) is 11.8. The minimum atomic E-state index is -0.600. The van der Waals surface area contributed by atoms with Crippen molar-refractivity contribution in [1.29, 1.82) is 0 Å². The van der Waals surface area contributed by atoms with Crippen LogP contribution in [-0.4, -0.2) is 24.2 Å². The molecule has 1 aromatic rings. The van der Waals surface area contributed by atoms with Crippen LogP contribution in [0.4, 0.5) is 4.39 Å². The molecule has 1 aromatic carbocycles. The summed E-state index contributed by atoms with van der Waals surface area (Å²) in [6.07, 6.45) is 0.561. The van der Waals surface area contributed by atoms with E-state index >= 15 is 0 Å². The molecule has 0 spiro atoms. The van der Waals surface area contributed by atoms with Crippen LogP contribution in [0.15, 0.2) is 18.2 Å². The lowest BCUT2D eigenvalue weighted by atomic mass is 9.89. The highest BCUT2D eigenvalue weighted by molar-refractivity contribution is 6.30. The molecule has 0 saturated heterocycles. The molecule has 0 aliphatic carbocycles. The van der Waals surface area contributed by atoms with Gasteiger partial charge in [-0.15, -0.1) is 0 Å². The van der Waals surface area contributed by atoms with Crippen LogP contribution in [0.5, 0.6) is 0 Å². The fraction of sp³-hybridized carbons (Fsp3) is 0.462. The molecule has 2 N–H and O–H groups in total. The highest BCUT2D eigenvalue weighted by Gasteiger charge is 2.19. The third-order valence-corrected chi connectivity index (χ3v) is 2.92. The van der Waals surface area contributed by atoms with Crippen molar-refractivity contribution in [1.82, 2.24) is 5.32 Å². The number of aliphatic hydroxyl groups excluding tert-OH is 1. The van der Waals surface area contributed by atoms with Crippen molar-refractivity contribution in [2.45, 2.75) is 20.3 Å². The number of aliphatic hydroxyl groups is 1. The molecular formula is C13H17ClFNO2. The van der Waals surface area contributed by atoms with E-state index in [1.807, 2.05) is 13.8 Å². The molecular weight excluding hydrogens is 257 g/mol. The summed E-state index contributed by atoms with van der Waals surface area (Å²) in [6.45, 7) is 4.24. The zero-order valence-corrected chi connectivity index (χ0v) is 11.2. The van der Waals surface area contributed by atoms with Crippen molar-refractivity contribution in [3.8, 4) is 0 Å². The minimum absolute atomic E-state index is 0.0500. The first-order valence-corrected chi connectivity index (χ1v) is 6.07. The van der Waals surface area contributed by atoms with E-state index in [4.69, 9.17) is 16.7 Å². The summed E-state index contributed by atoms with van der Waals surface area (Å²) in [5.41, 5.74) is -0.304. The van der Waals surface area contributed by atoms with Crippen LogP contribution in [0.3, 0.4) is 0 Å². The van der Waals surface area contributed by atoms with Crippen LogP contribution < -0.4 is 5.32 Å². The van der Waals surface area contributed by atoms with Gasteiger partial charge in [0, 0.05) is 18.2 Å². The number of carbonyl (C=O) groups is 1. The number of nitrogens with one attached hydrogen (secondary N) is 1. The fourth-order valence-corrected chi connectivity index (χ4v) is 1.65. The number of amides is 1. The van der Waals surface area contributed by atoms with Crippen LogP contribution in [0.2, 0.25) is 5.02 Å². The van der Waals surface area contributed by atoms with Gasteiger partial charge in [0.25, 0.3) is 5.91 Å². The molecule has 0 unspecified atom stereocenters. The minimum Gasteiger partial charge on any atom is -0.396 e. The highest BCUT2D eigenvalue weighted by atomic mass is 35.5. The molecule has 5 heteroatoms. The maximum Gasteiger partial charge on any atom is 0.254 e. The topological polar surface area (TPSA) is 49.3 Å². The lowest BCUT2D eigenvalue weighted by Crippen LogP contribution is -2.34. The van der Waals surface area contributed by atoms with E-state index in [0.29, 0.717) is 18.0 Å². The largest absolute Gasteiger partial charge is 0.396 e. The van der Waals surface area contributed by atoms with Gasteiger partial charge in [0.2, 0.25) is 0 Å². The van der Waals surface area contributed by atoms with Crippen LogP contribution in [-0.2, 0) is 0 Å². The number of halogens is 2. The van der Waals surface area contributed by atoms with Gasteiger partial charge in [-0.1, -0.05) is 25.4 Å². The Morgan fingerprint density at radius 3 is 2.78 bits per heavy atom. The number of hydrogen-bond donors (Lipinski definition) is 2. The normalized spacial score (nSPS) is 11.4. The number of rotatable bonds is 5. The van der Waals surface area contributed by atoms with Crippen LogP contribution in [0.1, 0.15) is 30.6 Å². The van der Waals surface area contributed by atoms with Gasteiger partial charge in [0.05, 0.1) is 5.56 Å². The Kier molecular flexibility index (Phi) is 5.11. The maximum atomic E-state index is 13.4. The SMILES string of the molecule is CC(C)(CCO)CNC(=O)c1cc(Cl)ccc1F. The zero-order valence-electron chi connectivity index (χ0n) is 10.5. The second kappa shape index (κ2) is 6.16. The van der Waals surface area contributed by atoms with Gasteiger partial charge in [0.1, 0.15) is 5.82 Å². The van der Waals surface area contributed by atoms with E-state index in [1.54, 1.807) is 0 Å². The molecule has 1 rings (SSSR count). The number of benzene rings is 1. The zero-order chi connectivity index (χ0) is 13.8. The van der Waals surface area contributed by atoms with Crippen LogP contribution in [0, 0.1) is 11.2 Å². The fourth-order valence-electron chi connectivity index (χ4n) is 1.48. The van der Waals surface area contributed by atoms with E-state index in [0.717, 1.165) is 6.07 Å². The van der Waals surface area contributed by atoms with Gasteiger partial charge in [-0.05, 0) is 30.0 Å². The summed E-state index contributed by atoms with van der Waals surface area (Å²) in [5.74, 6) is -1.10. The Bertz CT molecular complexity index is 435. The molecule has 0 fully saturated rings. The maximum absolute atomic E-state index is 13.4. The molecule has 0 aromatic heterocycles. The summed E-state index contributed by atoms with van der Waals surface area (Å²) in [4.78, 5) is 11.8. The molecule has 3 nitrogen and oxygen atoms in total. The van der Waals surface area contributed by atoms with Crippen molar-refractivity contribution in [2.24, 2.45) is 5.41 Å². The quantitative estimate of drug-likeness (QED) is 0.866. The Balaban J connectivity index is 2.69. The predicted octanol–water partition coefficient (Wildman–Crippen LogP) is 2.62. The molecule has 0 aliphatic rings. The smallest absolute Gasteiger partial charge is 0.254 e. The van der Waals surface area contributed by atoms with Gasteiger partial charge in [0.15, 0.2) is 0 Å². The monoisotopic (exact) mass is 273 g/mol. The molecule has 1 amide bonds. The molecule has 100 valence electrons. The molecule has 0 bridgehead atoms. The summed E-state index contributed by atoms with van der Waals surface area (Å²) in [6, 6.07) is 3.85. The van der Waals surface area contributed by atoms with Crippen LogP contribution in [0.25, 0.3) is 0 Å². The number of hydrogen-bond acceptors (Lipinski definition) is 2.